The summed E-state index contributed by atoms with van der Waals surface area (Å²) in [6.07, 6.45) is 3.48. The molecule has 1 aliphatic rings. The predicted octanol–water partition coefficient (Wildman–Crippen LogP) is 1.40. The van der Waals surface area contributed by atoms with E-state index in [2.05, 4.69) is 9.88 Å². The lowest BCUT2D eigenvalue weighted by atomic mass is 10.1. The van der Waals surface area contributed by atoms with E-state index in [4.69, 9.17) is 10.5 Å². The Balaban J connectivity index is 1.99. The Morgan fingerprint density at radius 1 is 1.40 bits per heavy atom. The van der Waals surface area contributed by atoms with E-state index in [9.17, 15) is 5.11 Å². The highest BCUT2D eigenvalue weighted by atomic mass is 16.5. The van der Waals surface area contributed by atoms with E-state index in [-0.39, 0.29) is 18.8 Å². The average Bonchev–Trinajstić information content (AvgIpc) is 2.47. The lowest BCUT2D eigenvalue weighted by molar-refractivity contribution is -0.0420. The third-order valence-corrected chi connectivity index (χ3v) is 3.71. The molecule has 0 radical (unpaired) electrons. The summed E-state index contributed by atoms with van der Waals surface area (Å²) in [5.41, 5.74) is 8.07. The first-order valence-electron chi connectivity index (χ1n) is 6.82. The van der Waals surface area contributed by atoms with Crippen molar-refractivity contribution in [1.82, 2.24) is 4.98 Å². The zero-order valence-corrected chi connectivity index (χ0v) is 11.5. The van der Waals surface area contributed by atoms with E-state index in [0.717, 1.165) is 28.7 Å². The van der Waals surface area contributed by atoms with Crippen molar-refractivity contribution in [3.05, 3.63) is 30.6 Å². The van der Waals surface area contributed by atoms with Gasteiger partial charge < -0.3 is 20.5 Å². The molecule has 1 saturated heterocycles. The number of aliphatic hydroxyl groups excluding tert-OH is 1. The van der Waals surface area contributed by atoms with Crippen molar-refractivity contribution >= 4 is 22.1 Å². The second-order valence-electron chi connectivity index (χ2n) is 5.25. The maximum Gasteiger partial charge on any atom is 0.0984 e. The lowest BCUT2D eigenvalue weighted by Crippen LogP contribution is -2.48. The molecular weight excluding hydrogens is 254 g/mol. The van der Waals surface area contributed by atoms with Gasteiger partial charge in [0.05, 0.1) is 30.2 Å². The van der Waals surface area contributed by atoms with Crippen LogP contribution in [-0.4, -0.2) is 42.0 Å². The van der Waals surface area contributed by atoms with Crippen molar-refractivity contribution in [2.75, 3.05) is 30.3 Å². The summed E-state index contributed by atoms with van der Waals surface area (Å²) in [6, 6.07) is 5.98. The van der Waals surface area contributed by atoms with E-state index in [0.29, 0.717) is 6.54 Å². The summed E-state index contributed by atoms with van der Waals surface area (Å²) in [5.74, 6) is 0. The van der Waals surface area contributed by atoms with E-state index >= 15 is 0 Å². The van der Waals surface area contributed by atoms with Crippen molar-refractivity contribution in [3.63, 3.8) is 0 Å². The highest BCUT2D eigenvalue weighted by Gasteiger charge is 2.26. The number of anilines is 2. The Bertz CT molecular complexity index is 617. The molecule has 0 amide bonds. The molecule has 1 aromatic heterocycles. The van der Waals surface area contributed by atoms with Gasteiger partial charge in [-0.25, -0.2) is 0 Å². The molecule has 20 heavy (non-hydrogen) atoms. The summed E-state index contributed by atoms with van der Waals surface area (Å²) in [6.45, 7) is 3.47. The second kappa shape index (κ2) is 5.26. The van der Waals surface area contributed by atoms with Crippen LogP contribution >= 0.6 is 0 Å². The number of hydrogen-bond acceptors (Lipinski definition) is 5. The number of pyridine rings is 1. The van der Waals surface area contributed by atoms with Crippen LogP contribution in [0.4, 0.5) is 11.4 Å². The summed E-state index contributed by atoms with van der Waals surface area (Å²) >= 11 is 0. The second-order valence-corrected chi connectivity index (χ2v) is 5.25. The van der Waals surface area contributed by atoms with Crippen LogP contribution in [0.1, 0.15) is 6.92 Å². The topological polar surface area (TPSA) is 71.6 Å². The number of benzene rings is 1. The van der Waals surface area contributed by atoms with Crippen LogP contribution in [-0.2, 0) is 4.74 Å². The fourth-order valence-corrected chi connectivity index (χ4v) is 2.80. The highest BCUT2D eigenvalue weighted by Crippen LogP contribution is 2.32. The first-order chi connectivity index (χ1) is 9.69. The number of morpholine rings is 1. The SMILES string of the molecule is CC1CN(c2ccc3cnccc3c2N)CC(CO)O1. The maximum absolute atomic E-state index is 9.32. The monoisotopic (exact) mass is 273 g/mol. The Morgan fingerprint density at radius 2 is 2.25 bits per heavy atom. The predicted molar refractivity (Wildman–Crippen MR) is 79.8 cm³/mol. The number of nitrogen functional groups attached to an aromatic ring is 1. The molecule has 106 valence electrons. The highest BCUT2D eigenvalue weighted by molar-refractivity contribution is 5.98. The zero-order valence-electron chi connectivity index (χ0n) is 11.5. The van der Waals surface area contributed by atoms with Gasteiger partial charge in [-0.3, -0.25) is 4.98 Å². The molecule has 1 aliphatic heterocycles. The third-order valence-electron chi connectivity index (χ3n) is 3.71. The standard InChI is InChI=1S/C15H19N3O2/c1-10-7-18(8-12(9-19)20-10)14-3-2-11-6-17-5-4-13(11)15(14)16/h2-6,10,12,19H,7-9,16H2,1H3. The number of nitrogens with zero attached hydrogens (tertiary/aromatic N) is 2. The minimum Gasteiger partial charge on any atom is -0.397 e. The number of nitrogens with two attached hydrogens (primary N) is 1. The number of hydrogen-bond donors (Lipinski definition) is 2. The van der Waals surface area contributed by atoms with Crippen molar-refractivity contribution in [1.29, 1.82) is 0 Å². The van der Waals surface area contributed by atoms with Gasteiger partial charge in [0.2, 0.25) is 0 Å². The third kappa shape index (κ3) is 2.30. The Morgan fingerprint density at radius 3 is 3.05 bits per heavy atom. The van der Waals surface area contributed by atoms with E-state index in [1.165, 1.54) is 0 Å². The fourth-order valence-electron chi connectivity index (χ4n) is 2.80. The fraction of sp³-hybridized carbons (Fsp3) is 0.400. The first kappa shape index (κ1) is 13.1. The molecule has 0 bridgehead atoms. The molecule has 0 aliphatic carbocycles. The van der Waals surface area contributed by atoms with Gasteiger partial charge in [-0.2, -0.15) is 0 Å². The molecule has 0 spiro atoms. The van der Waals surface area contributed by atoms with Crippen LogP contribution < -0.4 is 10.6 Å². The molecule has 3 rings (SSSR count). The van der Waals surface area contributed by atoms with Crippen LogP contribution in [0, 0.1) is 0 Å². The van der Waals surface area contributed by atoms with E-state index in [1.807, 2.05) is 31.3 Å². The van der Waals surface area contributed by atoms with E-state index < -0.39 is 0 Å². The van der Waals surface area contributed by atoms with Gasteiger partial charge in [-0.1, -0.05) is 6.07 Å². The average molecular weight is 273 g/mol. The van der Waals surface area contributed by atoms with Crippen LogP contribution in [0.5, 0.6) is 0 Å². The number of rotatable bonds is 2. The molecule has 1 fully saturated rings. The molecule has 0 saturated carbocycles. The lowest BCUT2D eigenvalue weighted by Gasteiger charge is -2.38. The Labute approximate surface area is 118 Å². The van der Waals surface area contributed by atoms with Gasteiger partial charge in [0.1, 0.15) is 0 Å². The van der Waals surface area contributed by atoms with Gasteiger partial charge in [0.25, 0.3) is 0 Å². The van der Waals surface area contributed by atoms with Gasteiger partial charge >= 0.3 is 0 Å². The van der Waals surface area contributed by atoms with Crippen molar-refractivity contribution in [3.8, 4) is 0 Å². The normalized spacial score (nSPS) is 23.2. The first-order valence-corrected chi connectivity index (χ1v) is 6.82. The van der Waals surface area contributed by atoms with Crippen LogP contribution in [0.15, 0.2) is 30.6 Å². The number of aromatic nitrogens is 1. The number of ether oxygens (including phenoxy) is 1. The number of aliphatic hydroxyl groups is 1. The minimum absolute atomic E-state index is 0.0260. The summed E-state index contributed by atoms with van der Waals surface area (Å²) in [4.78, 5) is 6.30. The quantitative estimate of drug-likeness (QED) is 0.809. The summed E-state index contributed by atoms with van der Waals surface area (Å²) < 4.78 is 5.67. The molecule has 3 N–H and O–H groups in total. The van der Waals surface area contributed by atoms with Crippen molar-refractivity contribution < 1.29 is 9.84 Å². The van der Waals surface area contributed by atoms with Gasteiger partial charge in [0, 0.05) is 36.3 Å². The number of fused-ring (bicyclic) bond motifs is 1. The molecule has 2 unspecified atom stereocenters. The molecule has 5 nitrogen and oxygen atoms in total. The summed E-state index contributed by atoms with van der Waals surface area (Å²) in [7, 11) is 0. The molecule has 2 atom stereocenters. The molecule has 2 aromatic rings. The molecular formula is C15H19N3O2. The van der Waals surface area contributed by atoms with Gasteiger partial charge in [0.15, 0.2) is 0 Å². The van der Waals surface area contributed by atoms with Crippen molar-refractivity contribution in [2.24, 2.45) is 0 Å². The van der Waals surface area contributed by atoms with Crippen LogP contribution in [0.25, 0.3) is 10.8 Å². The maximum atomic E-state index is 9.32. The largest absolute Gasteiger partial charge is 0.397 e. The van der Waals surface area contributed by atoms with Crippen LogP contribution in [0.3, 0.4) is 0 Å². The Kier molecular flexibility index (Phi) is 3.46. The smallest absolute Gasteiger partial charge is 0.0984 e. The Hall–Kier alpha value is -1.85. The van der Waals surface area contributed by atoms with E-state index in [1.54, 1.807) is 6.20 Å². The summed E-state index contributed by atoms with van der Waals surface area (Å²) in [5, 5.41) is 11.4. The molecule has 1 aromatic carbocycles. The minimum atomic E-state index is -0.161. The molecule has 2 heterocycles. The van der Waals surface area contributed by atoms with Gasteiger partial charge in [-0.15, -0.1) is 0 Å². The molecule has 5 heteroatoms. The zero-order chi connectivity index (χ0) is 14.1. The van der Waals surface area contributed by atoms with Crippen molar-refractivity contribution in [2.45, 2.75) is 19.1 Å². The van der Waals surface area contributed by atoms with Gasteiger partial charge in [-0.05, 0) is 19.1 Å². The van der Waals surface area contributed by atoms with Crippen LogP contribution in [0.2, 0.25) is 0 Å².